The number of carbonyl (C=O) groups excluding carboxylic acids is 3. The molecule has 2 aromatic carbocycles. The number of rotatable bonds is 2. The topological polar surface area (TPSA) is 78.8 Å². The Morgan fingerprint density at radius 3 is 2.03 bits per heavy atom. The molecule has 0 aromatic heterocycles. The lowest BCUT2D eigenvalue weighted by Crippen LogP contribution is -2.46. The first kappa shape index (κ1) is 17.8. The summed E-state index contributed by atoms with van der Waals surface area (Å²) in [7, 11) is 0. The molecule has 5 rings (SSSR count). The van der Waals surface area contributed by atoms with Crippen LogP contribution < -0.4 is 5.32 Å². The highest BCUT2D eigenvalue weighted by atomic mass is 16.2. The molecule has 6 heteroatoms. The molecular weight excluding hydrogens is 366 g/mol. The third kappa shape index (κ3) is 2.87. The fourth-order valence-electron chi connectivity index (χ4n) is 4.58. The first-order valence-corrected chi connectivity index (χ1v) is 10.1. The number of benzodiazepines with no additional fused rings is 1. The number of nitrogens with zero attached hydrogens (tertiary/aromatic N) is 2. The molecule has 0 saturated heterocycles. The Labute approximate surface area is 168 Å². The summed E-state index contributed by atoms with van der Waals surface area (Å²) >= 11 is 0. The van der Waals surface area contributed by atoms with Crippen LogP contribution in [0, 0.1) is 5.92 Å². The van der Waals surface area contributed by atoms with Gasteiger partial charge in [-0.1, -0.05) is 49.6 Å². The smallest absolute Gasteiger partial charge is 0.270 e. The van der Waals surface area contributed by atoms with Gasteiger partial charge < -0.3 is 5.32 Å². The average molecular weight is 387 g/mol. The summed E-state index contributed by atoms with van der Waals surface area (Å²) in [6, 6.07) is 14.2. The lowest BCUT2D eigenvalue weighted by molar-refractivity contribution is -0.119. The van der Waals surface area contributed by atoms with Crippen molar-refractivity contribution in [3.63, 3.8) is 0 Å². The van der Waals surface area contributed by atoms with Crippen molar-refractivity contribution in [2.75, 3.05) is 5.32 Å². The van der Waals surface area contributed by atoms with Crippen molar-refractivity contribution in [3.8, 4) is 0 Å². The summed E-state index contributed by atoms with van der Waals surface area (Å²) in [4.78, 5) is 44.8. The Morgan fingerprint density at radius 1 is 0.793 bits per heavy atom. The number of nitrogens with one attached hydrogen (secondary N) is 1. The van der Waals surface area contributed by atoms with E-state index in [2.05, 4.69) is 5.32 Å². The first-order chi connectivity index (χ1) is 14.1. The minimum atomic E-state index is -1.20. The van der Waals surface area contributed by atoms with E-state index in [1.165, 1.54) is 6.42 Å². The zero-order chi connectivity index (χ0) is 20.0. The highest BCUT2D eigenvalue weighted by molar-refractivity contribution is 6.24. The molecule has 1 atom stereocenters. The van der Waals surface area contributed by atoms with Crippen molar-refractivity contribution in [2.45, 2.75) is 38.3 Å². The van der Waals surface area contributed by atoms with Crippen LogP contribution in [-0.2, 0) is 4.79 Å². The number of fused-ring (bicyclic) bond motifs is 2. The van der Waals surface area contributed by atoms with E-state index in [-0.39, 0.29) is 5.92 Å². The van der Waals surface area contributed by atoms with Gasteiger partial charge in [-0.2, -0.15) is 0 Å². The highest BCUT2D eigenvalue weighted by Gasteiger charge is 2.44. The molecule has 3 aliphatic rings. The van der Waals surface area contributed by atoms with E-state index in [1.54, 1.807) is 24.3 Å². The Bertz CT molecular complexity index is 1020. The molecule has 0 bridgehead atoms. The predicted octanol–water partition coefficient (Wildman–Crippen LogP) is 3.63. The quantitative estimate of drug-likeness (QED) is 0.799. The monoisotopic (exact) mass is 387 g/mol. The van der Waals surface area contributed by atoms with E-state index in [0.717, 1.165) is 41.9 Å². The second-order valence-electron chi connectivity index (χ2n) is 7.78. The van der Waals surface area contributed by atoms with E-state index in [0.29, 0.717) is 16.8 Å². The lowest BCUT2D eigenvalue weighted by atomic mass is 9.83. The maximum absolute atomic E-state index is 13.1. The van der Waals surface area contributed by atoms with Gasteiger partial charge in [0, 0.05) is 17.2 Å². The average Bonchev–Trinajstić information content (AvgIpc) is 2.91. The molecule has 2 heterocycles. The molecule has 146 valence electrons. The Balaban J connectivity index is 1.61. The largest absolute Gasteiger partial charge is 0.322 e. The minimum Gasteiger partial charge on any atom is -0.322 e. The van der Waals surface area contributed by atoms with E-state index >= 15 is 0 Å². The molecule has 0 unspecified atom stereocenters. The van der Waals surface area contributed by atoms with Gasteiger partial charge in [0.1, 0.15) is 0 Å². The van der Waals surface area contributed by atoms with Gasteiger partial charge in [0.05, 0.1) is 16.8 Å². The summed E-state index contributed by atoms with van der Waals surface area (Å²) in [6.45, 7) is 0. The van der Waals surface area contributed by atoms with E-state index in [9.17, 15) is 14.4 Å². The number of hydrogen-bond acceptors (Lipinski definition) is 4. The fourth-order valence-corrected chi connectivity index (χ4v) is 4.58. The van der Waals surface area contributed by atoms with Crippen LogP contribution in [-0.4, -0.2) is 34.5 Å². The number of hydrogen-bond donors (Lipinski definition) is 1. The van der Waals surface area contributed by atoms with Gasteiger partial charge in [0.15, 0.2) is 0 Å². The normalized spacial score (nSPS) is 21.9. The zero-order valence-corrected chi connectivity index (χ0v) is 15.9. The van der Waals surface area contributed by atoms with Crippen molar-refractivity contribution in [1.82, 2.24) is 4.90 Å². The molecule has 1 aliphatic carbocycles. The van der Waals surface area contributed by atoms with Crippen LogP contribution in [0.2, 0.25) is 0 Å². The second kappa shape index (κ2) is 6.95. The molecule has 2 aromatic rings. The standard InChI is InChI=1S/C23H21N3O3/c27-21-20(26-22(28)15-10-4-5-11-16(15)23(26)29)25-19(14-8-2-1-3-9-14)17-12-6-7-13-18(17)24-21/h4-7,10-14,20H,1-3,8-9H2,(H,24,27)/t20-/m0/s1. The Morgan fingerprint density at radius 2 is 1.38 bits per heavy atom. The van der Waals surface area contributed by atoms with Crippen LogP contribution in [0.1, 0.15) is 58.4 Å². The van der Waals surface area contributed by atoms with Crippen LogP contribution in [0.3, 0.4) is 0 Å². The lowest BCUT2D eigenvalue weighted by Gasteiger charge is -2.25. The van der Waals surface area contributed by atoms with Crippen molar-refractivity contribution < 1.29 is 14.4 Å². The molecule has 6 nitrogen and oxygen atoms in total. The fraction of sp³-hybridized carbons (Fsp3) is 0.304. The van der Waals surface area contributed by atoms with E-state index < -0.39 is 23.9 Å². The first-order valence-electron chi connectivity index (χ1n) is 10.1. The number of para-hydroxylation sites is 1. The molecule has 3 amide bonds. The van der Waals surface area contributed by atoms with Crippen molar-refractivity contribution in [3.05, 3.63) is 65.2 Å². The zero-order valence-electron chi connectivity index (χ0n) is 15.9. The van der Waals surface area contributed by atoms with Crippen molar-refractivity contribution in [1.29, 1.82) is 0 Å². The maximum atomic E-state index is 13.1. The van der Waals surface area contributed by atoms with Crippen LogP contribution in [0.15, 0.2) is 53.5 Å². The van der Waals surface area contributed by atoms with Gasteiger partial charge in [-0.05, 0) is 31.0 Å². The summed E-state index contributed by atoms with van der Waals surface area (Å²) < 4.78 is 0. The summed E-state index contributed by atoms with van der Waals surface area (Å²) in [5.74, 6) is -1.18. The van der Waals surface area contributed by atoms with Crippen LogP contribution in [0.4, 0.5) is 5.69 Å². The van der Waals surface area contributed by atoms with Gasteiger partial charge in [-0.15, -0.1) is 0 Å². The molecule has 2 aliphatic heterocycles. The Hall–Kier alpha value is -3.28. The third-order valence-electron chi connectivity index (χ3n) is 6.02. The highest BCUT2D eigenvalue weighted by Crippen LogP contribution is 2.34. The molecule has 0 spiro atoms. The maximum Gasteiger partial charge on any atom is 0.270 e. The minimum absolute atomic E-state index is 0.218. The number of benzene rings is 2. The molecule has 1 N–H and O–H groups in total. The van der Waals surface area contributed by atoms with E-state index in [1.807, 2.05) is 24.3 Å². The van der Waals surface area contributed by atoms with Gasteiger partial charge >= 0.3 is 0 Å². The van der Waals surface area contributed by atoms with Crippen molar-refractivity contribution in [2.24, 2.45) is 10.9 Å². The number of carbonyl (C=O) groups is 3. The molecule has 1 fully saturated rings. The molecular formula is C23H21N3O3. The van der Waals surface area contributed by atoms with Crippen LogP contribution in [0.5, 0.6) is 0 Å². The Kier molecular flexibility index (Phi) is 4.27. The van der Waals surface area contributed by atoms with Gasteiger partial charge in [-0.3, -0.25) is 19.4 Å². The van der Waals surface area contributed by atoms with Crippen LogP contribution >= 0.6 is 0 Å². The summed E-state index contributed by atoms with van der Waals surface area (Å²) in [6.07, 6.45) is 4.22. The summed E-state index contributed by atoms with van der Waals surface area (Å²) in [5, 5.41) is 2.89. The third-order valence-corrected chi connectivity index (χ3v) is 6.02. The molecule has 29 heavy (non-hydrogen) atoms. The predicted molar refractivity (Wildman–Crippen MR) is 109 cm³/mol. The number of amides is 3. The van der Waals surface area contributed by atoms with Gasteiger partial charge in [-0.25, -0.2) is 4.90 Å². The number of anilines is 1. The van der Waals surface area contributed by atoms with E-state index in [4.69, 9.17) is 4.99 Å². The van der Waals surface area contributed by atoms with Gasteiger partial charge in [0.2, 0.25) is 6.17 Å². The SMILES string of the molecule is O=C1Nc2ccccc2C(C2CCCCC2)=N[C@H]1N1C(=O)c2ccccc2C1=O. The number of aliphatic imine (C=N–C) groups is 1. The van der Waals surface area contributed by atoms with Crippen LogP contribution in [0.25, 0.3) is 0 Å². The van der Waals surface area contributed by atoms with Gasteiger partial charge in [0.25, 0.3) is 17.7 Å². The van der Waals surface area contributed by atoms with Crippen molar-refractivity contribution >= 4 is 29.1 Å². The summed E-state index contributed by atoms with van der Waals surface area (Å²) in [5.41, 5.74) is 3.02. The second-order valence-corrected chi connectivity index (χ2v) is 7.78. The number of imide groups is 1. The molecule has 0 radical (unpaired) electrons. The molecule has 1 saturated carbocycles.